The lowest BCUT2D eigenvalue weighted by Gasteiger charge is -2.11. The Labute approximate surface area is 171 Å². The third-order valence-electron chi connectivity index (χ3n) is 5.34. The highest BCUT2D eigenvalue weighted by atomic mass is 16.5. The van der Waals surface area contributed by atoms with Crippen molar-refractivity contribution < 1.29 is 9.53 Å². The predicted molar refractivity (Wildman–Crippen MR) is 114 cm³/mol. The van der Waals surface area contributed by atoms with Crippen molar-refractivity contribution >= 4 is 5.91 Å². The zero-order valence-electron chi connectivity index (χ0n) is 17.0. The molecule has 1 fully saturated rings. The van der Waals surface area contributed by atoms with Crippen LogP contribution in [0.3, 0.4) is 0 Å². The van der Waals surface area contributed by atoms with Crippen LogP contribution in [-0.2, 0) is 4.74 Å². The third kappa shape index (κ3) is 4.40. The van der Waals surface area contributed by atoms with Crippen molar-refractivity contribution in [1.82, 2.24) is 15.1 Å². The van der Waals surface area contributed by atoms with Crippen LogP contribution < -0.4 is 5.32 Å². The molecule has 1 aliphatic rings. The van der Waals surface area contributed by atoms with Gasteiger partial charge in [-0.25, -0.2) is 4.68 Å². The van der Waals surface area contributed by atoms with E-state index in [1.54, 1.807) is 4.68 Å². The van der Waals surface area contributed by atoms with Gasteiger partial charge in [0.1, 0.15) is 5.69 Å². The van der Waals surface area contributed by atoms with Gasteiger partial charge in [-0.15, -0.1) is 0 Å². The summed E-state index contributed by atoms with van der Waals surface area (Å²) in [5.41, 5.74) is 4.39. The molecule has 1 atom stereocenters. The maximum absolute atomic E-state index is 13.0. The number of carbonyl (C=O) groups excluding carboxylic acids is 1. The number of benzene rings is 2. The highest BCUT2D eigenvalue weighted by Crippen LogP contribution is 2.26. The smallest absolute Gasteiger partial charge is 0.255 e. The van der Waals surface area contributed by atoms with E-state index in [-0.39, 0.29) is 12.0 Å². The molecular formula is C24H27N3O2. The Kier molecular flexibility index (Phi) is 5.76. The number of nitrogens with zero attached hydrogens (tertiary/aromatic N) is 2. The second kappa shape index (κ2) is 8.62. The predicted octanol–water partition coefficient (Wildman–Crippen LogP) is 4.57. The van der Waals surface area contributed by atoms with Gasteiger partial charge in [-0.2, -0.15) is 5.10 Å². The number of hydrogen-bond acceptors (Lipinski definition) is 3. The number of hydrogen-bond donors (Lipinski definition) is 1. The average molecular weight is 389 g/mol. The fraction of sp³-hybridized carbons (Fsp3) is 0.333. The lowest BCUT2D eigenvalue weighted by atomic mass is 10.00. The zero-order valence-corrected chi connectivity index (χ0v) is 17.0. The summed E-state index contributed by atoms with van der Waals surface area (Å²) in [4.78, 5) is 13.0. The molecule has 1 aliphatic heterocycles. The van der Waals surface area contributed by atoms with Gasteiger partial charge in [-0.05, 0) is 36.5 Å². The Hall–Kier alpha value is -2.92. The third-order valence-corrected chi connectivity index (χ3v) is 5.34. The van der Waals surface area contributed by atoms with E-state index in [1.807, 2.05) is 48.7 Å². The number of aromatic nitrogens is 2. The van der Waals surface area contributed by atoms with Gasteiger partial charge in [0.05, 0.1) is 17.4 Å². The molecule has 0 radical (unpaired) electrons. The van der Waals surface area contributed by atoms with E-state index in [9.17, 15) is 4.79 Å². The number of ether oxygens (including phenoxy) is 1. The molecule has 5 nitrogen and oxygen atoms in total. The van der Waals surface area contributed by atoms with Gasteiger partial charge in [0.25, 0.3) is 5.91 Å². The lowest BCUT2D eigenvalue weighted by Crippen LogP contribution is -2.31. The molecule has 0 bridgehead atoms. The van der Waals surface area contributed by atoms with Gasteiger partial charge in [0.2, 0.25) is 0 Å². The highest BCUT2D eigenvalue weighted by molar-refractivity contribution is 6.00. The van der Waals surface area contributed by atoms with Crippen molar-refractivity contribution in [3.05, 3.63) is 71.9 Å². The van der Waals surface area contributed by atoms with Gasteiger partial charge < -0.3 is 10.1 Å². The zero-order chi connectivity index (χ0) is 20.2. The van der Waals surface area contributed by atoms with Crippen LogP contribution in [-0.4, -0.2) is 34.9 Å². The largest absolute Gasteiger partial charge is 0.376 e. The molecule has 1 amide bonds. The van der Waals surface area contributed by atoms with Gasteiger partial charge in [0.15, 0.2) is 0 Å². The fourth-order valence-electron chi connectivity index (χ4n) is 3.60. The van der Waals surface area contributed by atoms with Gasteiger partial charge in [-0.3, -0.25) is 4.79 Å². The first-order valence-electron chi connectivity index (χ1n) is 10.3. The summed E-state index contributed by atoms with van der Waals surface area (Å²) >= 11 is 0. The van der Waals surface area contributed by atoms with Crippen LogP contribution >= 0.6 is 0 Å². The molecule has 1 saturated heterocycles. The number of carbonyl (C=O) groups is 1. The van der Waals surface area contributed by atoms with E-state index in [4.69, 9.17) is 9.84 Å². The van der Waals surface area contributed by atoms with Crippen LogP contribution in [0.4, 0.5) is 0 Å². The molecular weight excluding hydrogens is 362 g/mol. The fourth-order valence-corrected chi connectivity index (χ4v) is 3.60. The van der Waals surface area contributed by atoms with Crippen molar-refractivity contribution in [3.63, 3.8) is 0 Å². The van der Waals surface area contributed by atoms with E-state index >= 15 is 0 Å². The quantitative estimate of drug-likeness (QED) is 0.672. The molecule has 0 spiro atoms. The summed E-state index contributed by atoms with van der Waals surface area (Å²) < 4.78 is 7.40. The Bertz CT molecular complexity index is 956. The molecule has 1 N–H and O–H groups in total. The van der Waals surface area contributed by atoms with Crippen molar-refractivity contribution in [3.8, 4) is 16.9 Å². The topological polar surface area (TPSA) is 56.2 Å². The van der Waals surface area contributed by atoms with Crippen LogP contribution in [0.2, 0.25) is 0 Å². The number of amides is 1. The summed E-state index contributed by atoms with van der Waals surface area (Å²) in [6, 6.07) is 18.2. The maximum Gasteiger partial charge on any atom is 0.255 e. The standard InChI is InChI=1S/C24H27N3O2/c1-17(2)18-10-12-19(13-11-18)23-22(24(28)25-15-21-9-6-14-29-21)16-27(26-23)20-7-4-3-5-8-20/h3-5,7-8,10-13,16-17,21H,6,9,14-15H2,1-2H3,(H,25,28)/t21-/m1/s1. The van der Waals surface area contributed by atoms with E-state index in [2.05, 4.69) is 31.3 Å². The van der Waals surface area contributed by atoms with E-state index < -0.39 is 0 Å². The average Bonchev–Trinajstić information content (AvgIpc) is 3.43. The molecule has 3 aromatic rings. The first-order chi connectivity index (χ1) is 14.1. The minimum absolute atomic E-state index is 0.108. The Morgan fingerprint density at radius 1 is 1.17 bits per heavy atom. The normalized spacial score (nSPS) is 16.3. The maximum atomic E-state index is 13.0. The minimum atomic E-state index is -0.120. The number of nitrogens with one attached hydrogen (secondary N) is 1. The van der Waals surface area contributed by atoms with Crippen LogP contribution in [0.1, 0.15) is 48.5 Å². The van der Waals surface area contributed by atoms with Crippen molar-refractivity contribution in [2.45, 2.75) is 38.7 Å². The molecule has 0 aliphatic carbocycles. The molecule has 2 heterocycles. The van der Waals surface area contributed by atoms with Gasteiger partial charge in [-0.1, -0.05) is 56.3 Å². The van der Waals surface area contributed by atoms with Crippen molar-refractivity contribution in [2.24, 2.45) is 0 Å². The lowest BCUT2D eigenvalue weighted by molar-refractivity contribution is 0.0858. The molecule has 2 aromatic carbocycles. The van der Waals surface area contributed by atoms with Gasteiger partial charge in [0, 0.05) is 24.9 Å². The summed E-state index contributed by atoms with van der Waals surface area (Å²) in [6.07, 6.45) is 3.97. The Morgan fingerprint density at radius 3 is 2.59 bits per heavy atom. The molecule has 1 aromatic heterocycles. The highest BCUT2D eigenvalue weighted by Gasteiger charge is 2.21. The van der Waals surface area contributed by atoms with E-state index in [0.717, 1.165) is 30.7 Å². The summed E-state index contributed by atoms with van der Waals surface area (Å²) in [5.74, 6) is 0.339. The Balaban J connectivity index is 1.65. The number of rotatable bonds is 6. The molecule has 0 unspecified atom stereocenters. The molecule has 29 heavy (non-hydrogen) atoms. The van der Waals surface area contributed by atoms with Crippen LogP contribution in [0, 0.1) is 0 Å². The van der Waals surface area contributed by atoms with Gasteiger partial charge >= 0.3 is 0 Å². The molecule has 4 rings (SSSR count). The van der Waals surface area contributed by atoms with E-state index in [1.165, 1.54) is 5.56 Å². The van der Waals surface area contributed by atoms with Crippen LogP contribution in [0.5, 0.6) is 0 Å². The molecule has 0 saturated carbocycles. The number of para-hydroxylation sites is 1. The van der Waals surface area contributed by atoms with E-state index in [0.29, 0.717) is 23.7 Å². The molecule has 5 heteroatoms. The minimum Gasteiger partial charge on any atom is -0.376 e. The summed E-state index contributed by atoms with van der Waals surface area (Å²) in [6.45, 7) is 5.65. The second-order valence-electron chi connectivity index (χ2n) is 7.79. The van der Waals surface area contributed by atoms with Crippen molar-refractivity contribution in [2.75, 3.05) is 13.2 Å². The van der Waals surface area contributed by atoms with Crippen LogP contribution in [0.15, 0.2) is 60.8 Å². The summed E-state index contributed by atoms with van der Waals surface area (Å²) in [5, 5.41) is 7.78. The molecule has 150 valence electrons. The summed E-state index contributed by atoms with van der Waals surface area (Å²) in [7, 11) is 0. The first-order valence-corrected chi connectivity index (χ1v) is 10.3. The first kappa shape index (κ1) is 19.4. The second-order valence-corrected chi connectivity index (χ2v) is 7.79. The Morgan fingerprint density at radius 2 is 1.93 bits per heavy atom. The van der Waals surface area contributed by atoms with Crippen molar-refractivity contribution in [1.29, 1.82) is 0 Å². The van der Waals surface area contributed by atoms with Crippen LogP contribution in [0.25, 0.3) is 16.9 Å². The SMILES string of the molecule is CC(C)c1ccc(-c2nn(-c3ccccc3)cc2C(=O)NC[C@H]2CCCO2)cc1. The monoisotopic (exact) mass is 389 g/mol.